The monoisotopic (exact) mass is 504 g/mol. The molecule has 0 amide bonds. The molecule has 188 valence electrons. The van der Waals surface area contributed by atoms with E-state index in [0.29, 0.717) is 18.2 Å². The number of nitrogens with zero attached hydrogens (tertiary/aromatic N) is 1. The molecule has 0 saturated heterocycles. The fourth-order valence-corrected chi connectivity index (χ4v) is 4.88. The Balaban J connectivity index is 2.25. The van der Waals surface area contributed by atoms with Crippen molar-refractivity contribution in [3.8, 4) is 0 Å². The number of hydrogen-bond donors (Lipinski definition) is 1. The van der Waals surface area contributed by atoms with Crippen LogP contribution < -0.4 is 10.4 Å². The lowest BCUT2D eigenvalue weighted by atomic mass is 10.1. The standard InChI is InChI=1S/C27H41ClN2O3Si/c1-8-16-30(24-15-10-12-21(17-24)18-26(31)32-9-2)29-20-25(22-13-11-14-23(28)19-22)33-34(6,7)27(3,4)5/h10-15,17,19,25,29H,8-9,16,18,20H2,1-7H3/t25-/m0/s1. The van der Waals surface area contributed by atoms with Crippen LogP contribution in [0.2, 0.25) is 23.2 Å². The predicted molar refractivity (Wildman–Crippen MR) is 145 cm³/mol. The third-order valence-corrected chi connectivity index (χ3v) is 11.0. The van der Waals surface area contributed by atoms with Crippen molar-refractivity contribution in [1.82, 2.24) is 5.43 Å². The minimum absolute atomic E-state index is 0.0916. The molecule has 0 bridgehead atoms. The van der Waals surface area contributed by atoms with Crippen LogP contribution in [0.5, 0.6) is 0 Å². The van der Waals surface area contributed by atoms with E-state index in [-0.39, 0.29) is 23.5 Å². The average Bonchev–Trinajstić information content (AvgIpc) is 2.75. The van der Waals surface area contributed by atoms with E-state index in [1.54, 1.807) is 0 Å². The molecule has 0 spiro atoms. The molecule has 2 rings (SSSR count). The molecule has 0 radical (unpaired) electrons. The van der Waals surface area contributed by atoms with E-state index in [9.17, 15) is 4.79 Å². The highest BCUT2D eigenvalue weighted by atomic mass is 35.5. The van der Waals surface area contributed by atoms with Crippen LogP contribution >= 0.6 is 11.6 Å². The average molecular weight is 505 g/mol. The van der Waals surface area contributed by atoms with Gasteiger partial charge in [0.1, 0.15) is 0 Å². The molecule has 0 unspecified atom stereocenters. The smallest absolute Gasteiger partial charge is 0.310 e. The molecular formula is C27H41ClN2O3Si. The van der Waals surface area contributed by atoms with Gasteiger partial charge in [-0.25, -0.2) is 5.43 Å². The van der Waals surface area contributed by atoms with E-state index in [4.69, 9.17) is 20.8 Å². The normalized spacial score (nSPS) is 12.9. The lowest BCUT2D eigenvalue weighted by molar-refractivity contribution is -0.142. The van der Waals surface area contributed by atoms with Crippen molar-refractivity contribution < 1.29 is 14.0 Å². The summed E-state index contributed by atoms with van der Waals surface area (Å²) in [6.07, 6.45) is 1.10. The van der Waals surface area contributed by atoms with Crippen molar-refractivity contribution >= 4 is 31.6 Å². The number of benzene rings is 2. The van der Waals surface area contributed by atoms with Gasteiger partial charge in [0, 0.05) is 18.1 Å². The van der Waals surface area contributed by atoms with Crippen LogP contribution in [0.4, 0.5) is 5.69 Å². The summed E-state index contributed by atoms with van der Waals surface area (Å²) < 4.78 is 12.0. The first-order valence-corrected chi connectivity index (χ1v) is 15.4. The van der Waals surface area contributed by atoms with Gasteiger partial charge in [0.15, 0.2) is 8.32 Å². The Bertz CT molecular complexity index is 930. The maximum absolute atomic E-state index is 12.0. The van der Waals surface area contributed by atoms with Crippen LogP contribution in [0.3, 0.4) is 0 Å². The highest BCUT2D eigenvalue weighted by Gasteiger charge is 2.39. The molecule has 0 aliphatic rings. The van der Waals surface area contributed by atoms with Crippen LogP contribution in [0.25, 0.3) is 0 Å². The molecule has 1 atom stereocenters. The molecule has 0 aromatic heterocycles. The predicted octanol–water partition coefficient (Wildman–Crippen LogP) is 6.93. The van der Waals surface area contributed by atoms with Crippen LogP contribution in [-0.4, -0.2) is 34.0 Å². The summed E-state index contributed by atoms with van der Waals surface area (Å²) >= 11 is 6.33. The summed E-state index contributed by atoms with van der Waals surface area (Å²) in [7, 11) is -2.03. The molecule has 0 heterocycles. The van der Waals surface area contributed by atoms with Gasteiger partial charge in [-0.3, -0.25) is 4.79 Å². The summed E-state index contributed by atoms with van der Waals surface area (Å²) in [5.74, 6) is -0.210. The second kappa shape index (κ2) is 12.7. The second-order valence-electron chi connectivity index (χ2n) is 10.1. The molecule has 7 heteroatoms. The highest BCUT2D eigenvalue weighted by Crippen LogP contribution is 2.40. The zero-order valence-corrected chi connectivity index (χ0v) is 23.5. The molecule has 2 aromatic carbocycles. The Morgan fingerprint density at radius 1 is 1.12 bits per heavy atom. The molecule has 5 nitrogen and oxygen atoms in total. The maximum atomic E-state index is 12.0. The number of halogens is 1. The molecule has 0 aliphatic heterocycles. The molecular weight excluding hydrogens is 464 g/mol. The van der Waals surface area contributed by atoms with E-state index < -0.39 is 8.32 Å². The first-order valence-electron chi connectivity index (χ1n) is 12.2. The zero-order chi connectivity index (χ0) is 25.4. The van der Waals surface area contributed by atoms with Gasteiger partial charge in [-0.05, 0) is 66.9 Å². The lowest BCUT2D eigenvalue weighted by Gasteiger charge is -2.40. The quantitative estimate of drug-likeness (QED) is 0.193. The van der Waals surface area contributed by atoms with Crippen molar-refractivity contribution in [2.75, 3.05) is 24.7 Å². The van der Waals surface area contributed by atoms with Crippen molar-refractivity contribution in [2.24, 2.45) is 0 Å². The van der Waals surface area contributed by atoms with Crippen molar-refractivity contribution in [1.29, 1.82) is 0 Å². The van der Waals surface area contributed by atoms with Gasteiger partial charge in [-0.15, -0.1) is 0 Å². The second-order valence-corrected chi connectivity index (χ2v) is 15.3. The number of rotatable bonds is 12. The Morgan fingerprint density at radius 2 is 1.82 bits per heavy atom. The van der Waals surface area contributed by atoms with Crippen molar-refractivity contribution in [3.63, 3.8) is 0 Å². The Hall–Kier alpha value is -1.86. The number of hydrazine groups is 1. The number of carbonyl (C=O) groups is 1. The number of carbonyl (C=O) groups excluding carboxylic acids is 1. The Labute approximate surface area is 211 Å². The number of ether oxygens (including phenoxy) is 1. The van der Waals surface area contributed by atoms with Gasteiger partial charge >= 0.3 is 5.97 Å². The minimum atomic E-state index is -2.03. The van der Waals surface area contributed by atoms with Crippen LogP contribution in [0.1, 0.15) is 58.3 Å². The number of hydrogen-bond acceptors (Lipinski definition) is 5. The number of nitrogens with one attached hydrogen (secondary N) is 1. The number of esters is 1. The molecule has 0 saturated carbocycles. The third kappa shape index (κ3) is 8.42. The van der Waals surface area contributed by atoms with Gasteiger partial charge in [0.05, 0.1) is 24.8 Å². The van der Waals surface area contributed by atoms with Crippen molar-refractivity contribution in [2.45, 2.75) is 71.7 Å². The van der Waals surface area contributed by atoms with E-state index in [1.165, 1.54) is 0 Å². The number of anilines is 1. The summed E-state index contributed by atoms with van der Waals surface area (Å²) in [6, 6.07) is 16.0. The van der Waals surface area contributed by atoms with E-state index in [2.05, 4.69) is 63.4 Å². The highest BCUT2D eigenvalue weighted by molar-refractivity contribution is 6.74. The van der Waals surface area contributed by atoms with E-state index in [1.807, 2.05) is 43.3 Å². The summed E-state index contributed by atoms with van der Waals surface area (Å²) in [5.41, 5.74) is 6.62. The fraction of sp³-hybridized carbons (Fsp3) is 0.519. The largest absolute Gasteiger partial charge is 0.466 e. The topological polar surface area (TPSA) is 50.8 Å². The van der Waals surface area contributed by atoms with Gasteiger partial charge in [0.25, 0.3) is 0 Å². The molecule has 0 fully saturated rings. The van der Waals surface area contributed by atoms with Gasteiger partial charge in [-0.1, -0.05) is 63.6 Å². The summed E-state index contributed by atoms with van der Waals surface area (Å²) in [4.78, 5) is 12.0. The third-order valence-electron chi connectivity index (χ3n) is 6.25. The fourth-order valence-electron chi connectivity index (χ4n) is 3.40. The van der Waals surface area contributed by atoms with Crippen LogP contribution in [-0.2, 0) is 20.4 Å². The Morgan fingerprint density at radius 3 is 2.44 bits per heavy atom. The van der Waals surface area contributed by atoms with Crippen LogP contribution in [0.15, 0.2) is 48.5 Å². The first kappa shape index (κ1) is 28.4. The van der Waals surface area contributed by atoms with Gasteiger partial charge in [0.2, 0.25) is 0 Å². The molecule has 0 aliphatic carbocycles. The van der Waals surface area contributed by atoms with E-state index >= 15 is 0 Å². The SMILES string of the molecule is CCCN(NC[C@H](O[Si](C)(C)C(C)(C)C)c1cccc(Cl)c1)c1cccc(CC(=O)OCC)c1. The van der Waals surface area contributed by atoms with Crippen LogP contribution in [0, 0.1) is 0 Å². The summed E-state index contributed by atoms with van der Waals surface area (Å²) in [5, 5.41) is 2.94. The Kier molecular flexibility index (Phi) is 10.6. The zero-order valence-electron chi connectivity index (χ0n) is 21.8. The molecule has 1 N–H and O–H groups in total. The molecule has 2 aromatic rings. The van der Waals surface area contributed by atoms with Gasteiger partial charge in [-0.2, -0.15) is 0 Å². The first-order chi connectivity index (χ1) is 16.0. The lowest BCUT2D eigenvalue weighted by Crippen LogP contribution is -2.46. The molecule has 34 heavy (non-hydrogen) atoms. The van der Waals surface area contributed by atoms with Gasteiger partial charge < -0.3 is 14.2 Å². The minimum Gasteiger partial charge on any atom is -0.466 e. The van der Waals surface area contributed by atoms with E-state index in [0.717, 1.165) is 29.8 Å². The summed E-state index contributed by atoms with van der Waals surface area (Å²) in [6.45, 7) is 17.1. The maximum Gasteiger partial charge on any atom is 0.310 e. The van der Waals surface area contributed by atoms with Crippen molar-refractivity contribution in [3.05, 3.63) is 64.7 Å².